The Kier molecular flexibility index (Phi) is 6.40. The predicted octanol–water partition coefficient (Wildman–Crippen LogP) is 6.12. The predicted molar refractivity (Wildman–Crippen MR) is 159 cm³/mol. The molecule has 0 unspecified atom stereocenters. The first kappa shape index (κ1) is 25.4. The van der Waals surface area contributed by atoms with Crippen LogP contribution in [0.15, 0.2) is 77.3 Å². The van der Waals surface area contributed by atoms with Gasteiger partial charge in [-0.1, -0.05) is 36.8 Å². The molecule has 0 radical (unpaired) electrons. The van der Waals surface area contributed by atoms with E-state index in [-0.39, 0.29) is 5.91 Å². The molecule has 3 aliphatic rings. The molecule has 8 heteroatoms. The van der Waals surface area contributed by atoms with Gasteiger partial charge in [0.05, 0.1) is 49.4 Å². The Hall–Kier alpha value is -3.62. The highest BCUT2D eigenvalue weighted by molar-refractivity contribution is 9.10. The minimum absolute atomic E-state index is 0.202. The van der Waals surface area contributed by atoms with E-state index in [4.69, 9.17) is 14.6 Å². The van der Waals surface area contributed by atoms with Crippen LogP contribution in [-0.4, -0.2) is 49.1 Å². The number of hydrogen-bond donors (Lipinski definition) is 0. The van der Waals surface area contributed by atoms with Crippen molar-refractivity contribution in [2.45, 2.75) is 31.2 Å². The minimum atomic E-state index is -0.453. The van der Waals surface area contributed by atoms with Crippen molar-refractivity contribution in [3.05, 3.63) is 88.4 Å². The van der Waals surface area contributed by atoms with Crippen molar-refractivity contribution in [2.75, 3.05) is 43.2 Å². The molecule has 7 rings (SSSR count). The molecule has 0 atom stereocenters. The van der Waals surface area contributed by atoms with E-state index in [1.165, 1.54) is 0 Å². The van der Waals surface area contributed by atoms with E-state index >= 15 is 0 Å². The maximum atomic E-state index is 14.0. The third-order valence-electron chi connectivity index (χ3n) is 8.54. The van der Waals surface area contributed by atoms with E-state index in [9.17, 15) is 4.79 Å². The number of carbonyl (C=O) groups excluding carboxylic acids is 1. The normalized spacial score (nSPS) is 17.7. The molecule has 2 fully saturated rings. The zero-order valence-electron chi connectivity index (χ0n) is 22.5. The summed E-state index contributed by atoms with van der Waals surface area (Å²) in [5.74, 6) is 1.95. The summed E-state index contributed by atoms with van der Waals surface area (Å²) >= 11 is 3.90. The van der Waals surface area contributed by atoms with Crippen LogP contribution in [0, 0.1) is 0 Å². The second-order valence-corrected chi connectivity index (χ2v) is 11.6. The van der Waals surface area contributed by atoms with Gasteiger partial charge in [-0.25, -0.2) is 4.68 Å². The van der Waals surface area contributed by atoms with Crippen LogP contribution in [0.3, 0.4) is 0 Å². The first-order chi connectivity index (χ1) is 19.6. The second-order valence-electron chi connectivity index (χ2n) is 10.8. The van der Waals surface area contributed by atoms with E-state index in [2.05, 4.69) is 51.2 Å². The van der Waals surface area contributed by atoms with Crippen LogP contribution in [0.25, 0.3) is 16.9 Å². The van der Waals surface area contributed by atoms with Gasteiger partial charge in [-0.3, -0.25) is 4.79 Å². The molecule has 7 nitrogen and oxygen atoms in total. The number of rotatable bonds is 6. The molecule has 0 N–H and O–H groups in total. The molecule has 1 spiro atoms. The lowest BCUT2D eigenvalue weighted by Gasteiger charge is -2.37. The number of anilines is 2. The summed E-state index contributed by atoms with van der Waals surface area (Å²) in [5, 5.41) is 5.06. The Morgan fingerprint density at radius 1 is 1.00 bits per heavy atom. The molecule has 1 saturated heterocycles. The topological polar surface area (TPSA) is 59.8 Å². The molecular weight excluding hydrogens is 568 g/mol. The molecule has 1 amide bonds. The highest BCUT2D eigenvalue weighted by atomic mass is 79.9. The molecule has 2 aliphatic heterocycles. The molecule has 204 valence electrons. The minimum Gasteiger partial charge on any atom is -0.497 e. The quantitative estimate of drug-likeness (QED) is 0.268. The number of nitrogens with zero attached hydrogens (tertiary/aromatic N) is 4. The monoisotopic (exact) mass is 598 g/mol. The van der Waals surface area contributed by atoms with E-state index in [0.29, 0.717) is 19.8 Å². The number of benzene rings is 3. The van der Waals surface area contributed by atoms with Gasteiger partial charge < -0.3 is 19.3 Å². The summed E-state index contributed by atoms with van der Waals surface area (Å²) in [4.78, 5) is 18.3. The third-order valence-corrected chi connectivity index (χ3v) is 9.14. The Morgan fingerprint density at radius 3 is 2.42 bits per heavy atom. The summed E-state index contributed by atoms with van der Waals surface area (Å²) in [5.41, 5.74) is 5.79. The van der Waals surface area contributed by atoms with Crippen molar-refractivity contribution in [2.24, 2.45) is 0 Å². The van der Waals surface area contributed by atoms with Crippen LogP contribution in [0.1, 0.15) is 30.4 Å². The van der Waals surface area contributed by atoms with Crippen LogP contribution in [0.2, 0.25) is 0 Å². The van der Waals surface area contributed by atoms with Crippen LogP contribution in [0.5, 0.6) is 5.75 Å². The maximum Gasteiger partial charge on any atom is 0.238 e. The summed E-state index contributed by atoms with van der Waals surface area (Å²) in [7, 11) is 1.66. The summed E-state index contributed by atoms with van der Waals surface area (Å²) < 4.78 is 13.9. The number of carbonyl (C=O) groups is 1. The van der Waals surface area contributed by atoms with E-state index in [0.717, 1.165) is 82.2 Å². The van der Waals surface area contributed by atoms with E-state index in [1.807, 2.05) is 52.0 Å². The van der Waals surface area contributed by atoms with Crippen LogP contribution >= 0.6 is 15.9 Å². The first-order valence-corrected chi connectivity index (χ1v) is 14.6. The number of ether oxygens (including phenoxy) is 2. The van der Waals surface area contributed by atoms with Crippen molar-refractivity contribution in [3.63, 3.8) is 0 Å². The summed E-state index contributed by atoms with van der Waals surface area (Å²) in [6.45, 7) is 3.56. The number of morpholine rings is 1. The fourth-order valence-electron chi connectivity index (χ4n) is 6.23. The smallest absolute Gasteiger partial charge is 0.238 e. The standard InChI is InChI=1S/C32H31BrN4O3/c1-39-25-10-8-22(9-11-25)21-36-30-26(32(31(36)38)12-5-13-32)18-23(19-27(30)33)28-20-29(35-14-16-40-17-15-35)34-37(28)24-6-3-2-4-7-24/h2-4,6-11,18-20H,5,12-17,21H2,1H3. The lowest BCUT2D eigenvalue weighted by Crippen LogP contribution is -2.44. The van der Waals surface area contributed by atoms with Gasteiger partial charge in [0.1, 0.15) is 5.75 Å². The van der Waals surface area contributed by atoms with Crippen LogP contribution in [0.4, 0.5) is 11.5 Å². The van der Waals surface area contributed by atoms with Crippen molar-refractivity contribution in [1.29, 1.82) is 0 Å². The molecule has 3 aromatic carbocycles. The molecule has 1 saturated carbocycles. The number of hydrogen-bond acceptors (Lipinski definition) is 5. The molecule has 4 aromatic rings. The lowest BCUT2D eigenvalue weighted by molar-refractivity contribution is -0.126. The average Bonchev–Trinajstić information content (AvgIpc) is 3.52. The molecule has 3 heterocycles. The Bertz CT molecular complexity index is 1560. The Morgan fingerprint density at radius 2 is 1.75 bits per heavy atom. The zero-order valence-corrected chi connectivity index (χ0v) is 24.1. The fourth-order valence-corrected chi connectivity index (χ4v) is 6.90. The van der Waals surface area contributed by atoms with E-state index in [1.54, 1.807) is 7.11 Å². The zero-order chi connectivity index (χ0) is 27.3. The van der Waals surface area contributed by atoms with Crippen molar-refractivity contribution in [1.82, 2.24) is 9.78 Å². The van der Waals surface area contributed by atoms with Gasteiger partial charge in [0.2, 0.25) is 5.91 Å². The number of halogens is 1. The van der Waals surface area contributed by atoms with Gasteiger partial charge in [0.15, 0.2) is 5.82 Å². The molecular formula is C32H31BrN4O3. The molecule has 0 bridgehead atoms. The Labute approximate surface area is 242 Å². The molecule has 40 heavy (non-hydrogen) atoms. The average molecular weight is 600 g/mol. The SMILES string of the molecule is COc1ccc(CN2C(=O)C3(CCC3)c3cc(-c4cc(N5CCOCC5)nn4-c4ccccc4)cc(Br)c32)cc1. The highest BCUT2D eigenvalue weighted by Gasteiger charge is 2.55. The van der Waals surface area contributed by atoms with Gasteiger partial charge in [0, 0.05) is 29.2 Å². The number of para-hydroxylation sites is 1. The van der Waals surface area contributed by atoms with Gasteiger partial charge >= 0.3 is 0 Å². The van der Waals surface area contributed by atoms with Crippen molar-refractivity contribution >= 4 is 33.3 Å². The van der Waals surface area contributed by atoms with Crippen molar-refractivity contribution < 1.29 is 14.3 Å². The number of methoxy groups -OCH3 is 1. The lowest BCUT2D eigenvalue weighted by atomic mass is 9.65. The second kappa shape index (κ2) is 10.1. The number of aromatic nitrogens is 2. The Balaban J connectivity index is 1.33. The summed E-state index contributed by atoms with van der Waals surface area (Å²) in [6.07, 6.45) is 2.82. The molecule has 1 aliphatic carbocycles. The number of amides is 1. The number of fused-ring (bicyclic) bond motifs is 2. The largest absolute Gasteiger partial charge is 0.497 e. The maximum absolute atomic E-state index is 14.0. The fraction of sp³-hybridized carbons (Fsp3) is 0.312. The van der Waals surface area contributed by atoms with E-state index < -0.39 is 5.41 Å². The third kappa shape index (κ3) is 4.12. The first-order valence-electron chi connectivity index (χ1n) is 13.8. The van der Waals surface area contributed by atoms with Gasteiger partial charge in [-0.2, -0.15) is 0 Å². The van der Waals surface area contributed by atoms with Crippen LogP contribution < -0.4 is 14.5 Å². The molecule has 1 aromatic heterocycles. The van der Waals surface area contributed by atoms with Crippen LogP contribution in [-0.2, 0) is 21.5 Å². The highest BCUT2D eigenvalue weighted by Crippen LogP contribution is 2.56. The van der Waals surface area contributed by atoms with Gasteiger partial charge in [0.25, 0.3) is 0 Å². The van der Waals surface area contributed by atoms with Gasteiger partial charge in [-0.15, -0.1) is 5.10 Å². The van der Waals surface area contributed by atoms with Gasteiger partial charge in [-0.05, 0) is 76.3 Å². The van der Waals surface area contributed by atoms with Crippen molar-refractivity contribution in [3.8, 4) is 22.7 Å². The summed E-state index contributed by atoms with van der Waals surface area (Å²) in [6, 6.07) is 24.8.